The lowest BCUT2D eigenvalue weighted by Gasteiger charge is -2.20. The average molecular weight is 388 g/mol. The second kappa shape index (κ2) is 6.17. The van der Waals surface area contributed by atoms with Crippen molar-refractivity contribution in [3.63, 3.8) is 0 Å². The van der Waals surface area contributed by atoms with Crippen LogP contribution >= 0.6 is 31.9 Å². The Morgan fingerprint density at radius 3 is 2.68 bits per heavy atom. The van der Waals surface area contributed by atoms with Crippen molar-refractivity contribution in [1.29, 1.82) is 0 Å². The van der Waals surface area contributed by atoms with E-state index in [-0.39, 0.29) is 6.04 Å². The number of hydrogen-bond donors (Lipinski definition) is 2. The predicted octanol–water partition coefficient (Wildman–Crippen LogP) is 3.29. The molecule has 0 spiro atoms. The van der Waals surface area contributed by atoms with E-state index in [2.05, 4.69) is 74.4 Å². The Kier molecular flexibility index (Phi) is 4.78. The minimum atomic E-state index is -0.119. The summed E-state index contributed by atoms with van der Waals surface area (Å²) >= 11 is 7.15. The second-order valence-electron chi connectivity index (χ2n) is 4.32. The van der Waals surface area contributed by atoms with Gasteiger partial charge in [0.05, 0.1) is 22.4 Å². The Hall–Kier alpha value is -0.690. The minimum absolute atomic E-state index is 0.119. The Morgan fingerprint density at radius 2 is 2.11 bits per heavy atom. The van der Waals surface area contributed by atoms with Gasteiger partial charge in [-0.15, -0.1) is 0 Å². The van der Waals surface area contributed by atoms with E-state index in [9.17, 15) is 0 Å². The predicted molar refractivity (Wildman–Crippen MR) is 83.6 cm³/mol. The number of nitrogens with two attached hydrogens (primary N) is 1. The van der Waals surface area contributed by atoms with E-state index in [0.29, 0.717) is 0 Å². The Morgan fingerprint density at radius 1 is 1.37 bits per heavy atom. The molecule has 6 heteroatoms. The molecule has 1 atom stereocenters. The lowest BCUT2D eigenvalue weighted by molar-refractivity contribution is 0.540. The van der Waals surface area contributed by atoms with Crippen LogP contribution in [-0.2, 0) is 6.54 Å². The third kappa shape index (κ3) is 2.91. The van der Waals surface area contributed by atoms with Crippen molar-refractivity contribution in [3.05, 3.63) is 50.2 Å². The molecule has 0 aliphatic carbocycles. The fourth-order valence-electron chi connectivity index (χ4n) is 2.09. The first-order valence-corrected chi connectivity index (χ1v) is 7.60. The standard InChI is InChI=1S/C13H16Br2N4/c1-3-19-13(11(15)7-17-19)12(18-16)9-5-4-8(2)6-10(9)14/h4-7,12,18H,3,16H2,1-2H3. The Bertz CT molecular complexity index is 580. The zero-order valence-electron chi connectivity index (χ0n) is 10.8. The molecule has 2 rings (SSSR count). The number of aryl methyl sites for hydroxylation is 2. The van der Waals surface area contributed by atoms with Crippen molar-refractivity contribution in [2.24, 2.45) is 5.84 Å². The van der Waals surface area contributed by atoms with Gasteiger partial charge < -0.3 is 0 Å². The van der Waals surface area contributed by atoms with E-state index < -0.39 is 0 Å². The molecule has 1 aromatic carbocycles. The van der Waals surface area contributed by atoms with Gasteiger partial charge in [0.15, 0.2) is 0 Å². The zero-order chi connectivity index (χ0) is 14.0. The zero-order valence-corrected chi connectivity index (χ0v) is 14.0. The second-order valence-corrected chi connectivity index (χ2v) is 6.03. The summed E-state index contributed by atoms with van der Waals surface area (Å²) in [5.41, 5.74) is 6.19. The highest BCUT2D eigenvalue weighted by atomic mass is 79.9. The normalized spacial score (nSPS) is 12.7. The first kappa shape index (κ1) is 14.7. The fourth-order valence-corrected chi connectivity index (χ4v) is 3.34. The van der Waals surface area contributed by atoms with Gasteiger partial charge in [-0.25, -0.2) is 5.43 Å². The number of hydrazine groups is 1. The average Bonchev–Trinajstić information content (AvgIpc) is 2.74. The van der Waals surface area contributed by atoms with Crippen LogP contribution in [0, 0.1) is 6.92 Å². The smallest absolute Gasteiger partial charge is 0.0900 e. The van der Waals surface area contributed by atoms with Crippen molar-refractivity contribution in [2.45, 2.75) is 26.4 Å². The molecule has 0 bridgehead atoms. The van der Waals surface area contributed by atoms with Crippen LogP contribution in [0.3, 0.4) is 0 Å². The molecule has 1 unspecified atom stereocenters. The molecule has 0 saturated carbocycles. The molecule has 0 fully saturated rings. The van der Waals surface area contributed by atoms with Crippen LogP contribution in [0.15, 0.2) is 33.3 Å². The molecule has 0 radical (unpaired) electrons. The highest BCUT2D eigenvalue weighted by Crippen LogP contribution is 2.32. The highest BCUT2D eigenvalue weighted by molar-refractivity contribution is 9.10. The molecule has 2 aromatic rings. The molecular weight excluding hydrogens is 372 g/mol. The van der Waals surface area contributed by atoms with E-state index in [0.717, 1.165) is 26.7 Å². The van der Waals surface area contributed by atoms with Crippen molar-refractivity contribution in [3.8, 4) is 0 Å². The number of aromatic nitrogens is 2. The number of benzene rings is 1. The molecule has 4 nitrogen and oxygen atoms in total. The summed E-state index contributed by atoms with van der Waals surface area (Å²) in [7, 11) is 0. The quantitative estimate of drug-likeness (QED) is 0.625. The number of nitrogens with zero attached hydrogens (tertiary/aromatic N) is 2. The summed E-state index contributed by atoms with van der Waals surface area (Å²) in [6.07, 6.45) is 1.80. The summed E-state index contributed by atoms with van der Waals surface area (Å²) in [4.78, 5) is 0. The lowest BCUT2D eigenvalue weighted by Crippen LogP contribution is -2.31. The molecule has 102 valence electrons. The Labute approximate surface area is 129 Å². The summed E-state index contributed by atoms with van der Waals surface area (Å²) in [5, 5.41) is 4.33. The van der Waals surface area contributed by atoms with Crippen molar-refractivity contribution in [1.82, 2.24) is 15.2 Å². The summed E-state index contributed by atoms with van der Waals surface area (Å²) in [5.74, 6) is 5.76. The van der Waals surface area contributed by atoms with Gasteiger partial charge in [0, 0.05) is 11.0 Å². The van der Waals surface area contributed by atoms with Gasteiger partial charge >= 0.3 is 0 Å². The van der Waals surface area contributed by atoms with Crippen LogP contribution < -0.4 is 11.3 Å². The van der Waals surface area contributed by atoms with Crippen LogP contribution in [0.25, 0.3) is 0 Å². The molecule has 1 heterocycles. The van der Waals surface area contributed by atoms with Crippen LogP contribution in [0.1, 0.15) is 29.8 Å². The molecule has 1 aromatic heterocycles. The number of halogens is 2. The van der Waals surface area contributed by atoms with Gasteiger partial charge in [-0.2, -0.15) is 5.10 Å². The molecule has 3 N–H and O–H groups in total. The molecule has 0 aliphatic heterocycles. The third-order valence-electron chi connectivity index (χ3n) is 3.04. The van der Waals surface area contributed by atoms with Crippen molar-refractivity contribution < 1.29 is 0 Å². The van der Waals surface area contributed by atoms with E-state index in [1.54, 1.807) is 6.20 Å². The molecule has 0 aliphatic rings. The van der Waals surface area contributed by atoms with Crippen LogP contribution in [0.5, 0.6) is 0 Å². The lowest BCUT2D eigenvalue weighted by atomic mass is 10.0. The third-order valence-corrected chi connectivity index (χ3v) is 4.34. The summed E-state index contributed by atoms with van der Waals surface area (Å²) in [6, 6.07) is 6.11. The summed E-state index contributed by atoms with van der Waals surface area (Å²) in [6.45, 7) is 4.91. The number of nitrogens with one attached hydrogen (secondary N) is 1. The monoisotopic (exact) mass is 386 g/mol. The maximum atomic E-state index is 5.76. The first-order valence-electron chi connectivity index (χ1n) is 6.01. The maximum Gasteiger partial charge on any atom is 0.0900 e. The van der Waals surface area contributed by atoms with Crippen molar-refractivity contribution in [2.75, 3.05) is 0 Å². The summed E-state index contributed by atoms with van der Waals surface area (Å²) < 4.78 is 3.91. The van der Waals surface area contributed by atoms with E-state index >= 15 is 0 Å². The number of rotatable bonds is 4. The van der Waals surface area contributed by atoms with Crippen LogP contribution in [0.4, 0.5) is 0 Å². The van der Waals surface area contributed by atoms with Gasteiger partial charge in [-0.05, 0) is 47.0 Å². The SMILES string of the molecule is CCn1ncc(Br)c1C(NN)c1ccc(C)cc1Br. The fraction of sp³-hybridized carbons (Fsp3) is 0.308. The highest BCUT2D eigenvalue weighted by Gasteiger charge is 2.22. The molecule has 0 amide bonds. The van der Waals surface area contributed by atoms with E-state index in [4.69, 9.17) is 5.84 Å². The van der Waals surface area contributed by atoms with Crippen molar-refractivity contribution >= 4 is 31.9 Å². The Balaban J connectivity index is 2.52. The molecule has 0 saturated heterocycles. The van der Waals surface area contributed by atoms with Crippen LogP contribution in [0.2, 0.25) is 0 Å². The number of hydrogen-bond acceptors (Lipinski definition) is 3. The largest absolute Gasteiger partial charge is 0.271 e. The van der Waals surface area contributed by atoms with Gasteiger partial charge in [0.25, 0.3) is 0 Å². The van der Waals surface area contributed by atoms with E-state index in [1.165, 1.54) is 5.56 Å². The molecular formula is C13H16Br2N4. The van der Waals surface area contributed by atoms with Gasteiger partial charge in [-0.1, -0.05) is 28.1 Å². The molecule has 19 heavy (non-hydrogen) atoms. The van der Waals surface area contributed by atoms with Gasteiger partial charge in [-0.3, -0.25) is 10.5 Å². The van der Waals surface area contributed by atoms with Gasteiger partial charge in [0.1, 0.15) is 0 Å². The van der Waals surface area contributed by atoms with Crippen LogP contribution in [-0.4, -0.2) is 9.78 Å². The maximum absolute atomic E-state index is 5.76. The minimum Gasteiger partial charge on any atom is -0.271 e. The first-order chi connectivity index (χ1) is 9.08. The van der Waals surface area contributed by atoms with E-state index in [1.807, 2.05) is 4.68 Å². The topological polar surface area (TPSA) is 55.9 Å². The van der Waals surface area contributed by atoms with Gasteiger partial charge in [0.2, 0.25) is 0 Å².